The molecule has 0 radical (unpaired) electrons. The fourth-order valence-corrected chi connectivity index (χ4v) is 5.04. The van der Waals surface area contributed by atoms with E-state index in [0.29, 0.717) is 0 Å². The van der Waals surface area contributed by atoms with Crippen LogP contribution in [-0.2, 0) is 23.7 Å². The zero-order valence-electron chi connectivity index (χ0n) is 27.0. The third kappa shape index (κ3) is 8.61. The van der Waals surface area contributed by atoms with Gasteiger partial charge in [-0.25, -0.2) is 19.2 Å². The Morgan fingerprint density at radius 1 is 0.538 bits per heavy atom. The Kier molecular flexibility index (Phi) is 11.2. The first-order valence-corrected chi connectivity index (χ1v) is 15.6. The average Bonchev–Trinajstić information content (AvgIpc) is 3.20. The number of aromatic nitrogens is 5. The number of carbonyl (C=O) groups is 5. The summed E-state index contributed by atoms with van der Waals surface area (Å²) in [6, 6.07) is 13.3. The molecule has 1 aliphatic heterocycles. The number of rotatable bonds is 11. The summed E-state index contributed by atoms with van der Waals surface area (Å²) < 4.78 is 29.4. The van der Waals surface area contributed by atoms with Crippen LogP contribution in [0.4, 0.5) is 0 Å². The molecule has 262 valence electrons. The summed E-state index contributed by atoms with van der Waals surface area (Å²) >= 11 is 0. The maximum absolute atomic E-state index is 13.6. The predicted molar refractivity (Wildman–Crippen MR) is 175 cm³/mol. The van der Waals surface area contributed by atoms with Crippen LogP contribution in [0.5, 0.6) is 0 Å². The molecule has 1 N–H and O–H groups in total. The van der Waals surface area contributed by atoms with E-state index in [1.807, 2.05) is 0 Å². The molecule has 6 heterocycles. The lowest BCUT2D eigenvalue weighted by atomic mass is 9.95. The molecule has 1 unspecified atom stereocenters. The summed E-state index contributed by atoms with van der Waals surface area (Å²) in [6.07, 6.45) is 7.17. The SMILES string of the molecule is O=C(N[C@H]1[C@H](OC(=O)c2cccnc2)OC(COC(=O)c2cccnc2)[C@@H](OC(=O)c2cccnc2)[C@@H]1OC(=O)c1cccnc1)c1cccnc1. The molecule has 1 fully saturated rings. The number of esters is 4. The number of pyridine rings is 5. The Morgan fingerprint density at radius 3 is 1.38 bits per heavy atom. The second-order valence-corrected chi connectivity index (χ2v) is 11.0. The van der Waals surface area contributed by atoms with Gasteiger partial charge < -0.3 is 29.0 Å². The van der Waals surface area contributed by atoms with Gasteiger partial charge in [-0.05, 0) is 60.7 Å². The minimum absolute atomic E-state index is 0.00660. The molecule has 16 heteroatoms. The van der Waals surface area contributed by atoms with Gasteiger partial charge in [0.05, 0.1) is 27.8 Å². The Labute approximate surface area is 295 Å². The normalized spacial score (nSPS) is 19.3. The van der Waals surface area contributed by atoms with Crippen molar-refractivity contribution in [1.29, 1.82) is 0 Å². The van der Waals surface area contributed by atoms with E-state index in [1.54, 1.807) is 0 Å². The Morgan fingerprint density at radius 2 is 0.942 bits per heavy atom. The first-order chi connectivity index (χ1) is 25.4. The minimum atomic E-state index is -1.73. The van der Waals surface area contributed by atoms with Gasteiger partial charge in [-0.1, -0.05) is 0 Å². The van der Waals surface area contributed by atoms with Crippen molar-refractivity contribution < 1.29 is 47.7 Å². The number of hydrogen-bond donors (Lipinski definition) is 1. The van der Waals surface area contributed by atoms with Gasteiger partial charge in [0.2, 0.25) is 6.29 Å². The van der Waals surface area contributed by atoms with E-state index < -0.39 is 67.0 Å². The van der Waals surface area contributed by atoms with Crippen LogP contribution in [0, 0.1) is 0 Å². The third-order valence-corrected chi connectivity index (χ3v) is 7.54. The predicted octanol–water partition coefficient (Wildman–Crippen LogP) is 2.65. The van der Waals surface area contributed by atoms with Crippen LogP contribution in [-0.4, -0.2) is 92.0 Å². The molecular formula is C36H28N6O10. The monoisotopic (exact) mass is 704 g/mol. The van der Waals surface area contributed by atoms with Gasteiger partial charge in [0.15, 0.2) is 12.2 Å². The summed E-state index contributed by atoms with van der Waals surface area (Å²) in [7, 11) is 0. The molecule has 5 atom stereocenters. The largest absolute Gasteiger partial charge is 0.459 e. The fourth-order valence-electron chi connectivity index (χ4n) is 5.04. The number of amides is 1. The fraction of sp³-hybridized carbons (Fsp3) is 0.167. The first kappa shape index (κ1) is 34.9. The molecule has 0 aliphatic carbocycles. The van der Waals surface area contributed by atoms with E-state index in [-0.39, 0.29) is 27.8 Å². The summed E-state index contributed by atoms with van der Waals surface area (Å²) in [6.45, 7) is -0.607. The maximum Gasteiger partial charge on any atom is 0.342 e. The van der Waals surface area contributed by atoms with Crippen LogP contribution in [0.3, 0.4) is 0 Å². The smallest absolute Gasteiger partial charge is 0.342 e. The van der Waals surface area contributed by atoms with Crippen LogP contribution in [0.1, 0.15) is 51.8 Å². The molecule has 5 aromatic heterocycles. The van der Waals surface area contributed by atoms with E-state index in [0.717, 1.165) is 0 Å². The van der Waals surface area contributed by atoms with Crippen molar-refractivity contribution in [3.8, 4) is 0 Å². The molecule has 0 bridgehead atoms. The lowest BCUT2D eigenvalue weighted by Gasteiger charge is -2.44. The molecule has 16 nitrogen and oxygen atoms in total. The quantitative estimate of drug-likeness (QED) is 0.155. The molecule has 1 amide bonds. The molecule has 0 aromatic carbocycles. The first-order valence-electron chi connectivity index (χ1n) is 15.6. The molecule has 0 saturated carbocycles. The van der Waals surface area contributed by atoms with E-state index in [1.165, 1.54) is 123 Å². The Hall–Kier alpha value is -6.94. The van der Waals surface area contributed by atoms with Gasteiger partial charge in [0.1, 0.15) is 18.8 Å². The zero-order chi connectivity index (χ0) is 36.3. The summed E-state index contributed by atoms with van der Waals surface area (Å²) in [5.41, 5.74) is 0.243. The molecule has 6 rings (SSSR count). The highest BCUT2D eigenvalue weighted by atomic mass is 16.7. The number of hydrogen-bond acceptors (Lipinski definition) is 15. The lowest BCUT2D eigenvalue weighted by molar-refractivity contribution is -0.251. The summed E-state index contributed by atoms with van der Waals surface area (Å²) in [5.74, 6) is -4.32. The number of ether oxygens (including phenoxy) is 5. The van der Waals surface area contributed by atoms with Crippen molar-refractivity contribution in [2.45, 2.75) is 30.6 Å². The van der Waals surface area contributed by atoms with Crippen LogP contribution >= 0.6 is 0 Å². The lowest BCUT2D eigenvalue weighted by Crippen LogP contribution is -2.67. The van der Waals surface area contributed by atoms with Crippen molar-refractivity contribution in [3.05, 3.63) is 150 Å². The van der Waals surface area contributed by atoms with Crippen molar-refractivity contribution in [1.82, 2.24) is 30.2 Å². The Bertz CT molecular complexity index is 1990. The number of carbonyl (C=O) groups excluding carboxylic acids is 5. The second-order valence-electron chi connectivity index (χ2n) is 11.0. The highest BCUT2D eigenvalue weighted by molar-refractivity contribution is 5.94. The average molecular weight is 705 g/mol. The highest BCUT2D eigenvalue weighted by Crippen LogP contribution is 2.30. The van der Waals surface area contributed by atoms with Crippen LogP contribution < -0.4 is 5.32 Å². The van der Waals surface area contributed by atoms with Crippen LogP contribution in [0.15, 0.2) is 123 Å². The second kappa shape index (κ2) is 16.6. The number of nitrogens with one attached hydrogen (secondary N) is 1. The molecular weight excluding hydrogens is 676 g/mol. The van der Waals surface area contributed by atoms with Gasteiger partial charge in [-0.3, -0.25) is 29.7 Å². The van der Waals surface area contributed by atoms with Crippen molar-refractivity contribution >= 4 is 29.8 Å². The van der Waals surface area contributed by atoms with Gasteiger partial charge in [-0.2, -0.15) is 0 Å². The van der Waals surface area contributed by atoms with Crippen molar-refractivity contribution in [2.75, 3.05) is 6.61 Å². The van der Waals surface area contributed by atoms with Crippen molar-refractivity contribution in [3.63, 3.8) is 0 Å². The van der Waals surface area contributed by atoms with E-state index in [2.05, 4.69) is 30.2 Å². The molecule has 5 aromatic rings. The standard InChI is InChI=1S/C36H28N6O10/c43-31(22-6-1-11-37-16-22)42-28-30(51-34(46)25-9-4-14-40-19-25)29(50-33(45)24-8-3-13-39-18-24)27(21-48-32(44)23-7-2-12-38-17-23)49-36(28)52-35(47)26-10-5-15-41-20-26/h1-20,27-30,36H,21H2,(H,42,43)/t27?,28-,29-,30-,36+/m1/s1. The molecule has 1 aliphatic rings. The van der Waals surface area contributed by atoms with E-state index in [4.69, 9.17) is 23.7 Å². The topological polar surface area (TPSA) is 208 Å². The van der Waals surface area contributed by atoms with Crippen LogP contribution in [0.2, 0.25) is 0 Å². The van der Waals surface area contributed by atoms with Crippen molar-refractivity contribution in [2.24, 2.45) is 0 Å². The van der Waals surface area contributed by atoms with Gasteiger partial charge >= 0.3 is 23.9 Å². The maximum atomic E-state index is 13.6. The number of nitrogens with zero attached hydrogens (tertiary/aromatic N) is 5. The molecule has 1 saturated heterocycles. The van der Waals surface area contributed by atoms with Crippen LogP contribution in [0.25, 0.3) is 0 Å². The highest BCUT2D eigenvalue weighted by Gasteiger charge is 2.53. The summed E-state index contributed by atoms with van der Waals surface area (Å²) in [5, 5.41) is 2.69. The van der Waals surface area contributed by atoms with E-state index in [9.17, 15) is 24.0 Å². The van der Waals surface area contributed by atoms with Gasteiger partial charge in [-0.15, -0.1) is 0 Å². The molecule has 52 heavy (non-hydrogen) atoms. The Balaban J connectivity index is 1.41. The molecule has 0 spiro atoms. The zero-order valence-corrected chi connectivity index (χ0v) is 27.0. The third-order valence-electron chi connectivity index (χ3n) is 7.54. The summed E-state index contributed by atoms with van der Waals surface area (Å²) in [4.78, 5) is 87.0. The minimum Gasteiger partial charge on any atom is -0.459 e. The van der Waals surface area contributed by atoms with Gasteiger partial charge in [0.25, 0.3) is 5.91 Å². The van der Waals surface area contributed by atoms with Gasteiger partial charge in [0, 0.05) is 62.0 Å². The van der Waals surface area contributed by atoms with E-state index >= 15 is 0 Å².